The molecule has 19 heavy (non-hydrogen) atoms. The van der Waals surface area contributed by atoms with Crippen molar-refractivity contribution in [2.45, 2.75) is 30.8 Å². The van der Waals surface area contributed by atoms with E-state index in [-0.39, 0.29) is 0 Å². The van der Waals surface area contributed by atoms with Crippen molar-refractivity contribution in [2.24, 2.45) is 5.92 Å². The van der Waals surface area contributed by atoms with Crippen LogP contribution in [0.15, 0.2) is 12.1 Å². The van der Waals surface area contributed by atoms with Gasteiger partial charge in [0.25, 0.3) is 0 Å². The Kier molecular flexibility index (Phi) is 4.32. The standard InChI is InChI=1S/C12H15BrF3N3/c1-8(13)9-4-6-19(7-5-9)11-3-2-10(17-18-11)12(14,15)16/h2-3,8-9H,4-7H2,1H3. The van der Waals surface area contributed by atoms with E-state index in [9.17, 15) is 13.2 Å². The molecule has 1 aliphatic rings. The Morgan fingerprint density at radius 3 is 2.32 bits per heavy atom. The highest BCUT2D eigenvalue weighted by molar-refractivity contribution is 9.09. The highest BCUT2D eigenvalue weighted by Crippen LogP contribution is 2.29. The van der Waals surface area contributed by atoms with Crippen molar-refractivity contribution in [3.8, 4) is 0 Å². The third-order valence-corrected chi connectivity index (χ3v) is 4.20. The average Bonchev–Trinajstić information content (AvgIpc) is 2.38. The van der Waals surface area contributed by atoms with Gasteiger partial charge in [0, 0.05) is 17.9 Å². The SMILES string of the molecule is CC(Br)C1CCN(c2ccc(C(F)(F)F)nn2)CC1. The fourth-order valence-electron chi connectivity index (χ4n) is 2.23. The first-order valence-corrected chi connectivity index (χ1v) is 7.09. The molecule has 0 aliphatic carbocycles. The summed E-state index contributed by atoms with van der Waals surface area (Å²) in [6, 6.07) is 2.38. The highest BCUT2D eigenvalue weighted by Gasteiger charge is 2.33. The van der Waals surface area contributed by atoms with Gasteiger partial charge in [-0.3, -0.25) is 0 Å². The van der Waals surface area contributed by atoms with E-state index in [1.54, 1.807) is 0 Å². The van der Waals surface area contributed by atoms with E-state index >= 15 is 0 Å². The first-order valence-electron chi connectivity index (χ1n) is 6.18. The van der Waals surface area contributed by atoms with Gasteiger partial charge < -0.3 is 4.90 Å². The van der Waals surface area contributed by atoms with Crippen molar-refractivity contribution in [2.75, 3.05) is 18.0 Å². The molecule has 0 aromatic carbocycles. The molecule has 0 amide bonds. The van der Waals surface area contributed by atoms with E-state index in [1.165, 1.54) is 6.07 Å². The molecule has 0 spiro atoms. The lowest BCUT2D eigenvalue weighted by Crippen LogP contribution is -2.36. The van der Waals surface area contributed by atoms with Crippen LogP contribution in [0.2, 0.25) is 0 Å². The van der Waals surface area contributed by atoms with E-state index in [4.69, 9.17) is 0 Å². The van der Waals surface area contributed by atoms with Gasteiger partial charge in [-0.05, 0) is 30.9 Å². The van der Waals surface area contributed by atoms with Gasteiger partial charge in [-0.2, -0.15) is 13.2 Å². The van der Waals surface area contributed by atoms with Crippen molar-refractivity contribution >= 4 is 21.7 Å². The third kappa shape index (κ3) is 3.58. The number of alkyl halides is 4. The van der Waals surface area contributed by atoms with Gasteiger partial charge in [0.2, 0.25) is 0 Å². The molecule has 1 aliphatic heterocycles. The minimum atomic E-state index is -4.43. The maximum Gasteiger partial charge on any atom is 0.435 e. The number of rotatable bonds is 2. The lowest BCUT2D eigenvalue weighted by atomic mass is 9.94. The second-order valence-corrected chi connectivity index (χ2v) is 6.22. The number of piperidine rings is 1. The molecule has 1 unspecified atom stereocenters. The minimum absolute atomic E-state index is 0.466. The topological polar surface area (TPSA) is 29.0 Å². The Bertz CT molecular complexity index is 411. The van der Waals surface area contributed by atoms with Gasteiger partial charge >= 0.3 is 6.18 Å². The number of aromatic nitrogens is 2. The van der Waals surface area contributed by atoms with Crippen molar-refractivity contribution in [3.63, 3.8) is 0 Å². The summed E-state index contributed by atoms with van der Waals surface area (Å²) in [6.45, 7) is 3.74. The minimum Gasteiger partial charge on any atom is -0.355 e. The number of hydrogen-bond acceptors (Lipinski definition) is 3. The number of hydrogen-bond donors (Lipinski definition) is 0. The summed E-state index contributed by atoms with van der Waals surface area (Å²) in [5.41, 5.74) is -0.944. The summed E-state index contributed by atoms with van der Waals surface area (Å²) >= 11 is 3.57. The van der Waals surface area contributed by atoms with Crippen LogP contribution in [0.3, 0.4) is 0 Å². The fourth-order valence-corrected chi connectivity index (χ4v) is 2.76. The summed E-state index contributed by atoms with van der Waals surface area (Å²) in [5.74, 6) is 1.13. The molecule has 0 bridgehead atoms. The molecule has 0 saturated carbocycles. The number of halogens is 4. The maximum absolute atomic E-state index is 12.4. The lowest BCUT2D eigenvalue weighted by Gasteiger charge is -2.33. The van der Waals surface area contributed by atoms with Crippen LogP contribution in [-0.2, 0) is 6.18 Å². The van der Waals surface area contributed by atoms with Crippen LogP contribution in [-0.4, -0.2) is 28.1 Å². The summed E-state index contributed by atoms with van der Waals surface area (Å²) in [4.78, 5) is 2.45. The van der Waals surface area contributed by atoms with Gasteiger partial charge in [0.15, 0.2) is 11.5 Å². The molecule has 2 rings (SSSR count). The number of nitrogens with zero attached hydrogens (tertiary/aromatic N) is 3. The Labute approximate surface area is 118 Å². The van der Waals surface area contributed by atoms with Crippen molar-refractivity contribution in [1.29, 1.82) is 0 Å². The first kappa shape index (κ1) is 14.6. The Hall–Kier alpha value is -0.850. The zero-order valence-corrected chi connectivity index (χ0v) is 12.1. The van der Waals surface area contributed by atoms with E-state index < -0.39 is 11.9 Å². The van der Waals surface area contributed by atoms with Crippen molar-refractivity contribution in [1.82, 2.24) is 10.2 Å². The molecule has 2 heterocycles. The average molecular weight is 338 g/mol. The molecule has 106 valence electrons. The molecule has 0 N–H and O–H groups in total. The monoisotopic (exact) mass is 337 g/mol. The molecule has 1 fully saturated rings. The van der Waals surface area contributed by atoms with Crippen LogP contribution in [0.1, 0.15) is 25.5 Å². The van der Waals surface area contributed by atoms with Gasteiger partial charge in [0.1, 0.15) is 0 Å². The molecule has 7 heteroatoms. The Morgan fingerprint density at radius 2 is 1.89 bits per heavy atom. The van der Waals surface area contributed by atoms with E-state index in [2.05, 4.69) is 33.1 Å². The second-order valence-electron chi connectivity index (χ2n) is 4.78. The van der Waals surface area contributed by atoms with Crippen molar-refractivity contribution < 1.29 is 13.2 Å². The molecule has 1 saturated heterocycles. The van der Waals surface area contributed by atoms with Gasteiger partial charge in [0.05, 0.1) is 0 Å². The summed E-state index contributed by atoms with van der Waals surface area (Å²) < 4.78 is 37.1. The third-order valence-electron chi connectivity index (χ3n) is 3.45. The molecular weight excluding hydrogens is 323 g/mol. The van der Waals surface area contributed by atoms with Gasteiger partial charge in [-0.25, -0.2) is 0 Å². The normalized spacial score (nSPS) is 19.5. The van der Waals surface area contributed by atoms with Crippen LogP contribution in [0.4, 0.5) is 19.0 Å². The summed E-state index contributed by atoms with van der Waals surface area (Å²) in [5, 5.41) is 6.94. The van der Waals surface area contributed by atoms with Crippen LogP contribution in [0, 0.1) is 5.92 Å². The quantitative estimate of drug-likeness (QED) is 0.773. The molecule has 3 nitrogen and oxygen atoms in total. The van der Waals surface area contributed by atoms with Crippen LogP contribution in [0.5, 0.6) is 0 Å². The van der Waals surface area contributed by atoms with E-state index in [1.807, 2.05) is 4.90 Å². The van der Waals surface area contributed by atoms with Crippen LogP contribution < -0.4 is 4.90 Å². The smallest absolute Gasteiger partial charge is 0.355 e. The largest absolute Gasteiger partial charge is 0.435 e. The summed E-state index contributed by atoms with van der Waals surface area (Å²) in [7, 11) is 0. The molecule has 1 aromatic rings. The van der Waals surface area contributed by atoms with E-state index in [0.29, 0.717) is 16.6 Å². The summed E-state index contributed by atoms with van der Waals surface area (Å²) in [6.07, 6.45) is -2.41. The molecular formula is C12H15BrF3N3. The number of anilines is 1. The zero-order chi connectivity index (χ0) is 14.0. The van der Waals surface area contributed by atoms with Crippen LogP contribution >= 0.6 is 15.9 Å². The first-order chi connectivity index (χ1) is 8.88. The van der Waals surface area contributed by atoms with Crippen molar-refractivity contribution in [3.05, 3.63) is 17.8 Å². The van der Waals surface area contributed by atoms with Gasteiger partial charge in [-0.1, -0.05) is 22.9 Å². The zero-order valence-electron chi connectivity index (χ0n) is 10.5. The molecule has 1 aromatic heterocycles. The van der Waals surface area contributed by atoms with E-state index in [0.717, 1.165) is 32.0 Å². The predicted molar refractivity (Wildman–Crippen MR) is 70.4 cm³/mol. The predicted octanol–water partition coefficient (Wildman–Crippen LogP) is 3.50. The lowest BCUT2D eigenvalue weighted by molar-refractivity contribution is -0.141. The maximum atomic E-state index is 12.4. The Morgan fingerprint density at radius 1 is 1.26 bits per heavy atom. The van der Waals surface area contributed by atoms with Crippen LogP contribution in [0.25, 0.3) is 0 Å². The molecule has 0 radical (unpaired) electrons. The second kappa shape index (κ2) is 5.64. The Balaban J connectivity index is 2.00. The molecule has 1 atom stereocenters. The fraction of sp³-hybridized carbons (Fsp3) is 0.667. The highest BCUT2D eigenvalue weighted by atomic mass is 79.9. The van der Waals surface area contributed by atoms with Gasteiger partial charge in [-0.15, -0.1) is 10.2 Å².